The average Bonchev–Trinajstić information content (AvgIpc) is 2.78. The van der Waals surface area contributed by atoms with Gasteiger partial charge in [0.05, 0.1) is 27.4 Å². The number of ether oxygens (including phenoxy) is 4. The van der Waals surface area contributed by atoms with Crippen molar-refractivity contribution in [2.75, 3.05) is 38.9 Å². The zero-order valence-corrected chi connectivity index (χ0v) is 20.9. The van der Waals surface area contributed by atoms with E-state index in [2.05, 4.69) is 10.6 Å². The van der Waals surface area contributed by atoms with Gasteiger partial charge in [0.25, 0.3) is 0 Å². The molecule has 0 saturated heterocycles. The fraction of sp³-hybridized carbons (Fsp3) is 0.800. The van der Waals surface area contributed by atoms with Gasteiger partial charge in [-0.2, -0.15) is 0 Å². The summed E-state index contributed by atoms with van der Waals surface area (Å²) in [4.78, 5) is 47.3. The number of hydrogen-bond donors (Lipinski definition) is 2. The summed E-state index contributed by atoms with van der Waals surface area (Å²) in [6.07, 6.45) is 2.71. The average molecular weight is 497 g/mol. The molecule has 0 aromatic rings. The maximum atomic E-state index is 11.9. The van der Waals surface area contributed by atoms with Crippen molar-refractivity contribution in [3.63, 3.8) is 0 Å². The van der Waals surface area contributed by atoms with Crippen LogP contribution < -0.4 is 10.6 Å². The number of amides is 2. The molecule has 0 aliphatic heterocycles. The Hall–Kier alpha value is -1.82. The molecule has 2 unspecified atom stereocenters. The van der Waals surface area contributed by atoms with Crippen LogP contribution in [0.15, 0.2) is 0 Å². The quantitative estimate of drug-likeness (QED) is 0.134. The molecule has 2 atom stereocenters. The molecule has 0 rings (SSSR count). The Morgan fingerprint density at radius 3 is 1.41 bits per heavy atom. The first-order chi connectivity index (χ1) is 15.4. The second-order valence-corrected chi connectivity index (χ2v) is 9.34. The number of alkyl carbamates (subject to hydrolysis) is 2. The largest absolute Gasteiger partial charge is 0.467 e. The van der Waals surface area contributed by atoms with E-state index >= 15 is 0 Å². The van der Waals surface area contributed by atoms with E-state index in [0.29, 0.717) is 37.6 Å². The summed E-state index contributed by atoms with van der Waals surface area (Å²) in [7, 11) is 5.47. The first-order valence-electron chi connectivity index (χ1n) is 10.7. The van der Waals surface area contributed by atoms with Crippen LogP contribution in [0.1, 0.15) is 52.4 Å². The van der Waals surface area contributed by atoms with E-state index in [1.165, 1.54) is 35.8 Å². The summed E-state index contributed by atoms with van der Waals surface area (Å²) < 4.78 is 19.5. The summed E-state index contributed by atoms with van der Waals surface area (Å²) >= 11 is 0. The minimum Gasteiger partial charge on any atom is -0.467 e. The van der Waals surface area contributed by atoms with Gasteiger partial charge in [0, 0.05) is 11.5 Å². The van der Waals surface area contributed by atoms with Crippen LogP contribution in [0.2, 0.25) is 0 Å². The molecular weight excluding hydrogens is 460 g/mol. The summed E-state index contributed by atoms with van der Waals surface area (Å²) in [5.74, 6) is 0.0172. The lowest BCUT2D eigenvalue weighted by molar-refractivity contribution is -0.143. The number of nitrogens with one attached hydrogen (secondary N) is 2. The van der Waals surface area contributed by atoms with Crippen molar-refractivity contribution >= 4 is 45.7 Å². The SMILES string of the molecule is CCCCOC(=O)NC(CCSSCCC(NC(=O)OCCCC)C(=O)OC)C(=O)OC. The maximum absolute atomic E-state index is 11.9. The maximum Gasteiger partial charge on any atom is 0.407 e. The predicted molar refractivity (Wildman–Crippen MR) is 125 cm³/mol. The van der Waals surface area contributed by atoms with Crippen LogP contribution in [0.4, 0.5) is 9.59 Å². The van der Waals surface area contributed by atoms with Gasteiger partial charge in [-0.05, 0) is 25.7 Å². The molecule has 0 heterocycles. The van der Waals surface area contributed by atoms with E-state index in [-0.39, 0.29) is 0 Å². The zero-order chi connectivity index (χ0) is 24.2. The van der Waals surface area contributed by atoms with Crippen LogP contribution in [0.3, 0.4) is 0 Å². The molecule has 0 saturated carbocycles. The number of rotatable bonds is 17. The molecule has 0 fully saturated rings. The van der Waals surface area contributed by atoms with Crippen molar-refractivity contribution in [1.29, 1.82) is 0 Å². The Morgan fingerprint density at radius 2 is 1.09 bits per heavy atom. The molecule has 2 N–H and O–H groups in total. The summed E-state index contributed by atoms with van der Waals surface area (Å²) in [6.45, 7) is 4.55. The normalized spacial score (nSPS) is 12.2. The summed E-state index contributed by atoms with van der Waals surface area (Å²) in [5.41, 5.74) is 0. The lowest BCUT2D eigenvalue weighted by Gasteiger charge is -2.17. The first-order valence-corrected chi connectivity index (χ1v) is 13.1. The standard InChI is InChI=1S/C20H36N2O8S2/c1-5-7-11-29-19(25)21-15(17(23)27-3)9-13-31-32-14-10-16(18(24)28-4)22-20(26)30-12-8-6-2/h15-16H,5-14H2,1-4H3,(H,21,25)(H,22,26). The minimum absolute atomic E-state index is 0.294. The van der Waals surface area contributed by atoms with E-state index in [1.807, 2.05) is 13.8 Å². The van der Waals surface area contributed by atoms with Crippen molar-refractivity contribution in [2.24, 2.45) is 0 Å². The molecule has 0 aromatic carbocycles. The number of methoxy groups -OCH3 is 2. The molecule has 186 valence electrons. The van der Waals surface area contributed by atoms with Crippen LogP contribution in [0.5, 0.6) is 0 Å². The Morgan fingerprint density at radius 1 is 0.719 bits per heavy atom. The monoisotopic (exact) mass is 496 g/mol. The number of hydrogen-bond acceptors (Lipinski definition) is 10. The van der Waals surface area contributed by atoms with Gasteiger partial charge in [0.2, 0.25) is 0 Å². The molecule has 2 amide bonds. The molecular formula is C20H36N2O8S2. The number of carbonyl (C=O) groups excluding carboxylic acids is 4. The Kier molecular flexibility index (Phi) is 18.7. The van der Waals surface area contributed by atoms with E-state index in [9.17, 15) is 19.2 Å². The Balaban J connectivity index is 4.31. The molecule has 0 aliphatic rings. The lowest BCUT2D eigenvalue weighted by Crippen LogP contribution is -2.42. The van der Waals surface area contributed by atoms with E-state index in [0.717, 1.165) is 25.7 Å². The third kappa shape index (κ3) is 15.1. The van der Waals surface area contributed by atoms with Gasteiger partial charge in [-0.3, -0.25) is 0 Å². The second kappa shape index (κ2) is 19.8. The van der Waals surface area contributed by atoms with E-state index in [1.54, 1.807) is 0 Å². The highest BCUT2D eigenvalue weighted by atomic mass is 33.1. The molecule has 10 nitrogen and oxygen atoms in total. The van der Waals surface area contributed by atoms with Crippen molar-refractivity contribution in [3.8, 4) is 0 Å². The third-order valence-electron chi connectivity index (χ3n) is 4.08. The van der Waals surface area contributed by atoms with Gasteiger partial charge in [-0.1, -0.05) is 48.3 Å². The van der Waals surface area contributed by atoms with Crippen molar-refractivity contribution in [1.82, 2.24) is 10.6 Å². The first kappa shape index (κ1) is 30.2. The molecule has 0 bridgehead atoms. The van der Waals surface area contributed by atoms with Gasteiger partial charge in [0.1, 0.15) is 12.1 Å². The van der Waals surface area contributed by atoms with Gasteiger partial charge in [0.15, 0.2) is 0 Å². The fourth-order valence-electron chi connectivity index (χ4n) is 2.22. The van der Waals surface area contributed by atoms with Crippen LogP contribution in [0.25, 0.3) is 0 Å². The summed E-state index contributed by atoms with van der Waals surface area (Å²) in [5, 5.41) is 5.04. The molecule has 0 aromatic heterocycles. The second-order valence-electron chi connectivity index (χ2n) is 6.64. The van der Waals surface area contributed by atoms with Gasteiger partial charge in [-0.15, -0.1) is 0 Å². The van der Waals surface area contributed by atoms with Crippen molar-refractivity contribution < 1.29 is 38.1 Å². The van der Waals surface area contributed by atoms with E-state index in [4.69, 9.17) is 18.9 Å². The van der Waals surface area contributed by atoms with E-state index < -0.39 is 36.2 Å². The predicted octanol–water partition coefficient (Wildman–Crippen LogP) is 3.28. The van der Waals surface area contributed by atoms with Gasteiger partial charge < -0.3 is 29.6 Å². The summed E-state index contributed by atoms with van der Waals surface area (Å²) in [6, 6.07) is -1.60. The van der Waals surface area contributed by atoms with Gasteiger partial charge >= 0.3 is 24.1 Å². The van der Waals surface area contributed by atoms with Crippen molar-refractivity contribution in [3.05, 3.63) is 0 Å². The van der Waals surface area contributed by atoms with Crippen molar-refractivity contribution in [2.45, 2.75) is 64.5 Å². The number of carbonyl (C=O) groups is 4. The highest BCUT2D eigenvalue weighted by Gasteiger charge is 2.23. The Labute approximate surface area is 198 Å². The highest BCUT2D eigenvalue weighted by molar-refractivity contribution is 8.76. The molecule has 0 aliphatic carbocycles. The third-order valence-corrected chi connectivity index (χ3v) is 6.55. The highest BCUT2D eigenvalue weighted by Crippen LogP contribution is 2.24. The topological polar surface area (TPSA) is 129 Å². The molecule has 32 heavy (non-hydrogen) atoms. The zero-order valence-electron chi connectivity index (χ0n) is 19.3. The van der Waals surface area contributed by atoms with Crippen LogP contribution in [-0.2, 0) is 28.5 Å². The smallest absolute Gasteiger partial charge is 0.407 e. The van der Waals surface area contributed by atoms with Crippen LogP contribution in [0, 0.1) is 0 Å². The van der Waals surface area contributed by atoms with Crippen LogP contribution >= 0.6 is 21.6 Å². The minimum atomic E-state index is -0.801. The fourth-order valence-corrected chi connectivity index (χ4v) is 4.40. The Bertz CT molecular complexity index is 518. The van der Waals surface area contributed by atoms with Crippen LogP contribution in [-0.4, -0.2) is 75.1 Å². The molecule has 0 radical (unpaired) electrons. The lowest BCUT2D eigenvalue weighted by atomic mass is 10.2. The number of unbranched alkanes of at least 4 members (excludes halogenated alkanes) is 2. The molecule has 12 heteroatoms. The molecule has 0 spiro atoms. The number of esters is 2. The van der Waals surface area contributed by atoms with Gasteiger partial charge in [-0.25, -0.2) is 19.2 Å².